The first-order valence-electron chi connectivity index (χ1n) is 5.72. The second-order valence-corrected chi connectivity index (χ2v) is 4.38. The maximum atomic E-state index is 13.3. The number of nitriles is 1. The largest absolute Gasteiger partial charge is 0.484 e. The molecule has 0 saturated carbocycles. The number of carbonyl (C=O) groups is 1. The SMILES string of the molecule is N#Cc1c(F)cccc1OCC(=O)c1cccc(Cl)c1. The van der Waals surface area contributed by atoms with Gasteiger partial charge in [-0.3, -0.25) is 4.79 Å². The first kappa shape index (κ1) is 14.0. The topological polar surface area (TPSA) is 50.1 Å². The Morgan fingerprint density at radius 3 is 2.75 bits per heavy atom. The molecule has 0 bridgehead atoms. The van der Waals surface area contributed by atoms with Crippen LogP contribution < -0.4 is 4.74 Å². The van der Waals surface area contributed by atoms with E-state index in [1.165, 1.54) is 18.2 Å². The Kier molecular flexibility index (Phi) is 4.34. The summed E-state index contributed by atoms with van der Waals surface area (Å²) in [6, 6.07) is 12.1. The van der Waals surface area contributed by atoms with Crippen molar-refractivity contribution in [2.75, 3.05) is 6.61 Å². The number of Topliss-reactive ketones (excluding diaryl/α,β-unsaturated/α-hetero) is 1. The van der Waals surface area contributed by atoms with Crippen molar-refractivity contribution in [3.63, 3.8) is 0 Å². The molecule has 2 aromatic carbocycles. The zero-order chi connectivity index (χ0) is 14.5. The van der Waals surface area contributed by atoms with Crippen LogP contribution >= 0.6 is 11.6 Å². The van der Waals surface area contributed by atoms with Gasteiger partial charge in [-0.25, -0.2) is 4.39 Å². The minimum Gasteiger partial charge on any atom is -0.484 e. The molecule has 0 aromatic heterocycles. The van der Waals surface area contributed by atoms with Gasteiger partial charge in [-0.2, -0.15) is 5.26 Å². The zero-order valence-corrected chi connectivity index (χ0v) is 11.0. The fourth-order valence-electron chi connectivity index (χ4n) is 1.62. The van der Waals surface area contributed by atoms with E-state index in [1.807, 2.05) is 0 Å². The molecule has 2 rings (SSSR count). The summed E-state index contributed by atoms with van der Waals surface area (Å²) in [6.07, 6.45) is 0. The smallest absolute Gasteiger partial charge is 0.200 e. The van der Waals surface area contributed by atoms with Gasteiger partial charge in [0.2, 0.25) is 0 Å². The van der Waals surface area contributed by atoms with Gasteiger partial charge in [0.1, 0.15) is 23.2 Å². The van der Waals surface area contributed by atoms with Gasteiger partial charge in [-0.05, 0) is 24.3 Å². The molecule has 0 aliphatic carbocycles. The standard InChI is InChI=1S/C15H9ClFNO2/c16-11-4-1-3-10(7-11)14(19)9-20-15-6-2-5-13(17)12(15)8-18/h1-7H,9H2. The maximum Gasteiger partial charge on any atom is 0.200 e. The fourth-order valence-corrected chi connectivity index (χ4v) is 1.81. The number of hydrogen-bond donors (Lipinski definition) is 0. The average Bonchev–Trinajstić information content (AvgIpc) is 2.44. The number of rotatable bonds is 4. The Morgan fingerprint density at radius 2 is 2.05 bits per heavy atom. The Labute approximate surface area is 120 Å². The molecule has 5 heteroatoms. The molecule has 0 aliphatic rings. The highest BCUT2D eigenvalue weighted by molar-refractivity contribution is 6.31. The molecule has 0 unspecified atom stereocenters. The molecular formula is C15H9ClFNO2. The predicted octanol–water partition coefficient (Wildman–Crippen LogP) is 3.61. The average molecular weight is 290 g/mol. The predicted molar refractivity (Wildman–Crippen MR) is 72.4 cm³/mol. The van der Waals surface area contributed by atoms with Crippen molar-refractivity contribution in [2.45, 2.75) is 0 Å². The summed E-state index contributed by atoms with van der Waals surface area (Å²) in [5.41, 5.74) is 0.179. The van der Waals surface area contributed by atoms with Crippen LogP contribution in [0.1, 0.15) is 15.9 Å². The third-order valence-electron chi connectivity index (χ3n) is 2.59. The Morgan fingerprint density at radius 1 is 1.30 bits per heavy atom. The fraction of sp³-hybridized carbons (Fsp3) is 0.0667. The lowest BCUT2D eigenvalue weighted by Crippen LogP contribution is -2.12. The van der Waals surface area contributed by atoms with E-state index in [2.05, 4.69) is 0 Å². The molecule has 0 aliphatic heterocycles. The lowest BCUT2D eigenvalue weighted by Gasteiger charge is -2.07. The number of benzene rings is 2. The summed E-state index contributed by atoms with van der Waals surface area (Å²) in [5, 5.41) is 9.29. The van der Waals surface area contributed by atoms with Gasteiger partial charge in [0.05, 0.1) is 0 Å². The van der Waals surface area contributed by atoms with E-state index in [0.717, 1.165) is 6.07 Å². The number of ether oxygens (including phenoxy) is 1. The number of nitrogens with zero attached hydrogens (tertiary/aromatic N) is 1. The van der Waals surface area contributed by atoms with Crippen LogP contribution in [0, 0.1) is 17.1 Å². The second kappa shape index (κ2) is 6.18. The van der Waals surface area contributed by atoms with Gasteiger partial charge >= 0.3 is 0 Å². The molecule has 2 aromatic rings. The van der Waals surface area contributed by atoms with Gasteiger partial charge in [0.15, 0.2) is 12.4 Å². The zero-order valence-electron chi connectivity index (χ0n) is 10.3. The van der Waals surface area contributed by atoms with E-state index in [-0.39, 0.29) is 23.7 Å². The lowest BCUT2D eigenvalue weighted by atomic mass is 10.1. The number of carbonyl (C=O) groups excluding carboxylic acids is 1. The van der Waals surface area contributed by atoms with E-state index in [9.17, 15) is 9.18 Å². The summed E-state index contributed by atoms with van der Waals surface area (Å²) < 4.78 is 18.6. The van der Waals surface area contributed by atoms with E-state index in [1.54, 1.807) is 24.3 Å². The Bertz CT molecular complexity index is 695. The van der Waals surface area contributed by atoms with Crippen molar-refractivity contribution in [1.82, 2.24) is 0 Å². The minimum atomic E-state index is -0.680. The summed E-state index contributed by atoms with van der Waals surface area (Å²) in [7, 11) is 0. The van der Waals surface area contributed by atoms with E-state index in [0.29, 0.717) is 10.6 Å². The molecule has 0 spiro atoms. The summed E-state index contributed by atoms with van der Waals surface area (Å²) in [5.74, 6) is -0.941. The lowest BCUT2D eigenvalue weighted by molar-refractivity contribution is 0.0921. The first-order chi connectivity index (χ1) is 9.61. The molecule has 100 valence electrons. The van der Waals surface area contributed by atoms with Crippen molar-refractivity contribution in [1.29, 1.82) is 5.26 Å². The van der Waals surface area contributed by atoms with Crippen LogP contribution in [-0.4, -0.2) is 12.4 Å². The first-order valence-corrected chi connectivity index (χ1v) is 6.10. The van der Waals surface area contributed by atoms with E-state index >= 15 is 0 Å². The molecule has 0 heterocycles. The Balaban J connectivity index is 2.12. The van der Waals surface area contributed by atoms with Crippen LogP contribution in [0.3, 0.4) is 0 Å². The molecule has 0 saturated heterocycles. The molecule has 0 fully saturated rings. The quantitative estimate of drug-likeness (QED) is 0.808. The maximum absolute atomic E-state index is 13.3. The molecule has 0 radical (unpaired) electrons. The third-order valence-corrected chi connectivity index (χ3v) is 2.83. The minimum absolute atomic E-state index is 0.0443. The van der Waals surface area contributed by atoms with Crippen molar-refractivity contribution < 1.29 is 13.9 Å². The molecule has 3 nitrogen and oxygen atoms in total. The Hall–Kier alpha value is -2.38. The third kappa shape index (κ3) is 3.14. The van der Waals surface area contributed by atoms with E-state index < -0.39 is 5.82 Å². The van der Waals surface area contributed by atoms with Gasteiger partial charge in [-0.1, -0.05) is 29.8 Å². The molecule has 20 heavy (non-hydrogen) atoms. The van der Waals surface area contributed by atoms with Crippen molar-refractivity contribution in [2.24, 2.45) is 0 Å². The van der Waals surface area contributed by atoms with Gasteiger partial charge in [-0.15, -0.1) is 0 Å². The highest BCUT2D eigenvalue weighted by atomic mass is 35.5. The molecule has 0 N–H and O–H groups in total. The monoisotopic (exact) mass is 289 g/mol. The van der Waals surface area contributed by atoms with Crippen LogP contribution in [0.2, 0.25) is 5.02 Å². The van der Waals surface area contributed by atoms with Crippen molar-refractivity contribution >= 4 is 17.4 Å². The van der Waals surface area contributed by atoms with Crippen LogP contribution in [0.25, 0.3) is 0 Å². The van der Waals surface area contributed by atoms with Crippen LogP contribution in [0.15, 0.2) is 42.5 Å². The van der Waals surface area contributed by atoms with Gasteiger partial charge < -0.3 is 4.74 Å². The van der Waals surface area contributed by atoms with Crippen LogP contribution in [0.5, 0.6) is 5.75 Å². The molecular weight excluding hydrogens is 281 g/mol. The van der Waals surface area contributed by atoms with Gasteiger partial charge in [0.25, 0.3) is 0 Å². The number of halogens is 2. The molecule has 0 atom stereocenters. The normalized spacial score (nSPS) is 9.85. The highest BCUT2D eigenvalue weighted by Crippen LogP contribution is 2.20. The van der Waals surface area contributed by atoms with E-state index in [4.69, 9.17) is 21.6 Å². The molecule has 0 amide bonds. The summed E-state index contributed by atoms with van der Waals surface area (Å²) >= 11 is 5.79. The van der Waals surface area contributed by atoms with Crippen molar-refractivity contribution in [3.05, 3.63) is 64.4 Å². The summed E-state index contributed by atoms with van der Waals surface area (Å²) in [4.78, 5) is 11.9. The van der Waals surface area contributed by atoms with Crippen LogP contribution in [0.4, 0.5) is 4.39 Å². The van der Waals surface area contributed by atoms with Gasteiger partial charge in [0, 0.05) is 10.6 Å². The van der Waals surface area contributed by atoms with Crippen molar-refractivity contribution in [3.8, 4) is 11.8 Å². The second-order valence-electron chi connectivity index (χ2n) is 3.95. The number of hydrogen-bond acceptors (Lipinski definition) is 3. The highest BCUT2D eigenvalue weighted by Gasteiger charge is 2.12. The number of ketones is 1. The van der Waals surface area contributed by atoms with Crippen LogP contribution in [-0.2, 0) is 0 Å². The summed E-state index contributed by atoms with van der Waals surface area (Å²) in [6.45, 7) is -0.293.